The molecule has 2 amide bonds. The summed E-state index contributed by atoms with van der Waals surface area (Å²) < 4.78 is 0. The smallest absolute Gasteiger partial charge is 0.252 e. The summed E-state index contributed by atoms with van der Waals surface area (Å²) in [7, 11) is 0. The van der Waals surface area contributed by atoms with Gasteiger partial charge in [-0.05, 0) is 26.8 Å². The van der Waals surface area contributed by atoms with E-state index in [1.165, 1.54) is 6.07 Å². The molecule has 1 aliphatic rings. The molecule has 8 heteroatoms. The normalized spacial score (nSPS) is 19.0. The van der Waals surface area contributed by atoms with Gasteiger partial charge < -0.3 is 16.0 Å². The van der Waals surface area contributed by atoms with Gasteiger partial charge >= 0.3 is 0 Å². The Bertz CT molecular complexity index is 584. The van der Waals surface area contributed by atoms with Gasteiger partial charge in [0, 0.05) is 18.5 Å². The number of primary amides is 1. The molecule has 0 bridgehead atoms. The lowest BCUT2D eigenvalue weighted by Gasteiger charge is -2.32. The summed E-state index contributed by atoms with van der Waals surface area (Å²) in [6.07, 6.45) is 0.333. The monoisotopic (exact) mass is 311 g/mol. The maximum absolute atomic E-state index is 12.0. The molecule has 2 heterocycles. The number of nitrogens with two attached hydrogens (primary N) is 1. The van der Waals surface area contributed by atoms with Crippen LogP contribution in [0.25, 0.3) is 0 Å². The van der Waals surface area contributed by atoms with Crippen molar-refractivity contribution in [2.45, 2.75) is 38.8 Å². The molecule has 1 aromatic rings. The summed E-state index contributed by atoms with van der Waals surface area (Å²) >= 11 is 5.71. The Balaban J connectivity index is 2.17. The van der Waals surface area contributed by atoms with Crippen LogP contribution in [0.3, 0.4) is 0 Å². The Morgan fingerprint density at radius 1 is 1.48 bits per heavy atom. The predicted molar refractivity (Wildman–Crippen MR) is 79.1 cm³/mol. The lowest BCUT2D eigenvalue weighted by molar-refractivity contribution is -0.131. The van der Waals surface area contributed by atoms with Gasteiger partial charge in [-0.2, -0.15) is 0 Å². The molecular weight excluding hydrogens is 294 g/mol. The van der Waals surface area contributed by atoms with Crippen LogP contribution in [0.5, 0.6) is 0 Å². The van der Waals surface area contributed by atoms with Crippen LogP contribution < -0.4 is 11.1 Å². The fraction of sp³-hybridized carbons (Fsp3) is 0.538. The predicted octanol–water partition coefficient (Wildman–Crippen LogP) is 1.04. The molecule has 1 aliphatic heterocycles. The Morgan fingerprint density at radius 2 is 2.14 bits per heavy atom. The van der Waals surface area contributed by atoms with Gasteiger partial charge in [-0.1, -0.05) is 11.6 Å². The van der Waals surface area contributed by atoms with Crippen LogP contribution in [0, 0.1) is 0 Å². The molecule has 1 unspecified atom stereocenters. The van der Waals surface area contributed by atoms with Gasteiger partial charge in [-0.15, -0.1) is 10.2 Å². The van der Waals surface area contributed by atoms with Crippen LogP contribution in [-0.2, 0) is 4.79 Å². The van der Waals surface area contributed by atoms with Crippen molar-refractivity contribution in [2.75, 3.05) is 11.9 Å². The Labute approximate surface area is 127 Å². The molecule has 0 spiro atoms. The van der Waals surface area contributed by atoms with Crippen molar-refractivity contribution >= 4 is 29.2 Å². The number of nitrogens with one attached hydrogen (secondary N) is 1. The minimum atomic E-state index is -0.647. The highest BCUT2D eigenvalue weighted by atomic mass is 35.5. The van der Waals surface area contributed by atoms with E-state index in [2.05, 4.69) is 15.5 Å². The third kappa shape index (κ3) is 3.41. The minimum Gasteiger partial charge on any atom is -0.365 e. The van der Waals surface area contributed by atoms with Crippen LogP contribution in [-0.4, -0.2) is 45.0 Å². The van der Waals surface area contributed by atoms with Crippen LogP contribution >= 0.6 is 11.6 Å². The molecule has 0 saturated carbocycles. The quantitative estimate of drug-likeness (QED) is 0.868. The molecule has 1 fully saturated rings. The lowest BCUT2D eigenvalue weighted by Crippen LogP contribution is -2.43. The standard InChI is InChI=1S/C13H18ClN5O2/c1-13(2,3)19-6-7(4-10(19)20)16-12-8(11(15)21)5-9(14)17-18-12/h5,7H,4,6H2,1-3H3,(H2,15,21)(H,16,18). The molecule has 0 aliphatic carbocycles. The van der Waals surface area contributed by atoms with Crippen LogP contribution in [0.15, 0.2) is 6.07 Å². The van der Waals surface area contributed by atoms with Crippen LogP contribution in [0.2, 0.25) is 5.15 Å². The Morgan fingerprint density at radius 3 is 2.67 bits per heavy atom. The Hall–Kier alpha value is -1.89. The van der Waals surface area contributed by atoms with Gasteiger partial charge in [0.2, 0.25) is 5.91 Å². The Kier molecular flexibility index (Phi) is 4.04. The maximum atomic E-state index is 12.0. The summed E-state index contributed by atoms with van der Waals surface area (Å²) in [5.41, 5.74) is 5.22. The maximum Gasteiger partial charge on any atom is 0.252 e. The van der Waals surface area contributed by atoms with Crippen molar-refractivity contribution < 1.29 is 9.59 Å². The van der Waals surface area contributed by atoms with Crippen LogP contribution in [0.1, 0.15) is 37.6 Å². The summed E-state index contributed by atoms with van der Waals surface area (Å²) in [5.74, 6) is -0.339. The van der Waals surface area contributed by atoms with E-state index in [0.717, 1.165) is 0 Å². The molecule has 3 N–H and O–H groups in total. The molecule has 1 atom stereocenters. The first kappa shape index (κ1) is 15.5. The number of carbonyl (C=O) groups excluding carboxylic acids is 2. The van der Waals surface area contributed by atoms with Gasteiger partial charge in [0.25, 0.3) is 5.91 Å². The summed E-state index contributed by atoms with van der Waals surface area (Å²) in [4.78, 5) is 25.2. The highest BCUT2D eigenvalue weighted by Gasteiger charge is 2.36. The second-order valence-corrected chi connectivity index (χ2v) is 6.40. The first-order chi connectivity index (χ1) is 9.68. The van der Waals surface area contributed by atoms with Crippen LogP contribution in [0.4, 0.5) is 5.82 Å². The molecular formula is C13H18ClN5O2. The van der Waals surface area contributed by atoms with E-state index in [1.807, 2.05) is 20.8 Å². The third-order valence-electron chi connectivity index (χ3n) is 3.31. The number of aromatic nitrogens is 2. The number of amides is 2. The molecule has 0 aromatic carbocycles. The fourth-order valence-electron chi connectivity index (χ4n) is 2.31. The average Bonchev–Trinajstić information content (AvgIpc) is 2.72. The third-order valence-corrected chi connectivity index (χ3v) is 3.49. The molecule has 114 valence electrons. The second-order valence-electron chi connectivity index (χ2n) is 6.01. The van der Waals surface area contributed by atoms with Crippen molar-refractivity contribution in [3.63, 3.8) is 0 Å². The van der Waals surface area contributed by atoms with E-state index in [-0.39, 0.29) is 34.0 Å². The number of carbonyl (C=O) groups is 2. The number of hydrogen-bond donors (Lipinski definition) is 2. The SMILES string of the molecule is CC(C)(C)N1CC(Nc2nnc(Cl)cc2C(N)=O)CC1=O. The first-order valence-corrected chi connectivity index (χ1v) is 6.96. The van der Waals surface area contributed by atoms with E-state index in [0.29, 0.717) is 13.0 Å². The van der Waals surface area contributed by atoms with E-state index in [9.17, 15) is 9.59 Å². The zero-order chi connectivity index (χ0) is 15.8. The fourth-order valence-corrected chi connectivity index (χ4v) is 2.46. The van der Waals surface area contributed by atoms with Crippen molar-refractivity contribution in [1.29, 1.82) is 0 Å². The van der Waals surface area contributed by atoms with E-state index < -0.39 is 5.91 Å². The molecule has 2 rings (SSSR count). The summed E-state index contributed by atoms with van der Waals surface area (Å²) in [6, 6.07) is 1.21. The molecule has 21 heavy (non-hydrogen) atoms. The van der Waals surface area contributed by atoms with Crippen molar-refractivity contribution in [3.05, 3.63) is 16.8 Å². The second kappa shape index (κ2) is 5.48. The van der Waals surface area contributed by atoms with Gasteiger partial charge in [-0.25, -0.2) is 0 Å². The molecule has 1 aromatic heterocycles. The first-order valence-electron chi connectivity index (χ1n) is 6.58. The van der Waals surface area contributed by atoms with Gasteiger partial charge in [-0.3, -0.25) is 9.59 Å². The molecule has 0 radical (unpaired) electrons. The highest BCUT2D eigenvalue weighted by Crippen LogP contribution is 2.25. The zero-order valence-electron chi connectivity index (χ0n) is 12.2. The summed E-state index contributed by atoms with van der Waals surface area (Å²) in [5, 5.41) is 10.7. The summed E-state index contributed by atoms with van der Waals surface area (Å²) in [6.45, 7) is 6.46. The van der Waals surface area contributed by atoms with E-state index in [4.69, 9.17) is 17.3 Å². The number of halogens is 1. The van der Waals surface area contributed by atoms with E-state index >= 15 is 0 Å². The lowest BCUT2D eigenvalue weighted by atomic mass is 10.1. The zero-order valence-corrected chi connectivity index (χ0v) is 12.9. The largest absolute Gasteiger partial charge is 0.365 e. The van der Waals surface area contributed by atoms with Crippen molar-refractivity contribution in [3.8, 4) is 0 Å². The number of rotatable bonds is 3. The highest BCUT2D eigenvalue weighted by molar-refractivity contribution is 6.29. The molecule has 1 saturated heterocycles. The van der Waals surface area contributed by atoms with Crippen molar-refractivity contribution in [1.82, 2.24) is 15.1 Å². The minimum absolute atomic E-state index is 0.0579. The van der Waals surface area contributed by atoms with Gasteiger partial charge in [0.05, 0.1) is 11.6 Å². The number of anilines is 1. The van der Waals surface area contributed by atoms with Gasteiger partial charge in [0.1, 0.15) is 0 Å². The topological polar surface area (TPSA) is 101 Å². The van der Waals surface area contributed by atoms with E-state index in [1.54, 1.807) is 4.90 Å². The number of hydrogen-bond acceptors (Lipinski definition) is 5. The molecule has 7 nitrogen and oxygen atoms in total. The number of nitrogens with zero attached hydrogens (tertiary/aromatic N) is 3. The van der Waals surface area contributed by atoms with Crippen molar-refractivity contribution in [2.24, 2.45) is 5.73 Å². The van der Waals surface area contributed by atoms with Gasteiger partial charge in [0.15, 0.2) is 11.0 Å². The average molecular weight is 312 g/mol. The number of likely N-dealkylation sites (tertiary alicyclic amines) is 1.